The molecule has 0 saturated carbocycles. The molecule has 31 heavy (non-hydrogen) atoms. The Bertz CT molecular complexity index is 1030. The van der Waals surface area contributed by atoms with E-state index in [2.05, 4.69) is 17.0 Å². The molecule has 160 valence electrons. The summed E-state index contributed by atoms with van der Waals surface area (Å²) >= 11 is 0. The maximum atomic E-state index is 13.7. The van der Waals surface area contributed by atoms with Crippen molar-refractivity contribution < 1.29 is 18.3 Å². The summed E-state index contributed by atoms with van der Waals surface area (Å²) in [6, 6.07) is 20.7. The van der Waals surface area contributed by atoms with Gasteiger partial charge in [0.25, 0.3) is 5.91 Å². The molecule has 4 rings (SSSR count). The van der Waals surface area contributed by atoms with Gasteiger partial charge in [0.15, 0.2) is 11.6 Å². The van der Waals surface area contributed by atoms with Gasteiger partial charge in [-0.3, -0.25) is 9.69 Å². The third kappa shape index (κ3) is 5.47. The van der Waals surface area contributed by atoms with E-state index in [-0.39, 0.29) is 18.3 Å². The summed E-state index contributed by atoms with van der Waals surface area (Å²) in [6.45, 7) is 3.98. The van der Waals surface area contributed by atoms with Crippen molar-refractivity contribution >= 4 is 5.91 Å². The van der Waals surface area contributed by atoms with E-state index in [0.717, 1.165) is 37.3 Å². The quantitative estimate of drug-likeness (QED) is 0.586. The van der Waals surface area contributed by atoms with E-state index in [9.17, 15) is 13.6 Å². The summed E-state index contributed by atoms with van der Waals surface area (Å²) in [6.07, 6.45) is 0. The molecule has 0 bridgehead atoms. The lowest BCUT2D eigenvalue weighted by Gasteiger charge is -2.34. The fraction of sp³-hybridized carbons (Fsp3) is 0.240. The number of nitrogens with zero attached hydrogens (tertiary/aromatic N) is 2. The van der Waals surface area contributed by atoms with Crippen LogP contribution in [0, 0.1) is 11.6 Å². The zero-order valence-corrected chi connectivity index (χ0v) is 17.1. The van der Waals surface area contributed by atoms with Crippen LogP contribution in [-0.4, -0.2) is 41.9 Å². The molecule has 1 aliphatic rings. The van der Waals surface area contributed by atoms with Crippen molar-refractivity contribution in [1.29, 1.82) is 0 Å². The molecule has 0 spiro atoms. The Labute approximate surface area is 180 Å². The van der Waals surface area contributed by atoms with Gasteiger partial charge in [-0.15, -0.1) is 0 Å². The van der Waals surface area contributed by atoms with Crippen LogP contribution in [-0.2, 0) is 13.2 Å². The minimum absolute atomic E-state index is 0.0193. The van der Waals surface area contributed by atoms with E-state index in [4.69, 9.17) is 4.74 Å². The lowest BCUT2D eigenvalue weighted by atomic mass is 10.1. The number of hydrogen-bond acceptors (Lipinski definition) is 3. The molecule has 6 heteroatoms. The first kappa shape index (κ1) is 21.0. The summed E-state index contributed by atoms with van der Waals surface area (Å²) in [5.41, 5.74) is 2.60. The molecule has 0 atom stereocenters. The summed E-state index contributed by atoms with van der Waals surface area (Å²) in [5, 5.41) is 0. The van der Waals surface area contributed by atoms with Gasteiger partial charge in [-0.2, -0.15) is 0 Å². The third-order valence-corrected chi connectivity index (χ3v) is 5.37. The van der Waals surface area contributed by atoms with Crippen molar-refractivity contribution in [2.24, 2.45) is 0 Å². The van der Waals surface area contributed by atoms with E-state index < -0.39 is 11.6 Å². The molecule has 0 unspecified atom stereocenters. The number of carbonyl (C=O) groups is 1. The van der Waals surface area contributed by atoms with Crippen LogP contribution in [0.3, 0.4) is 0 Å². The van der Waals surface area contributed by atoms with Gasteiger partial charge in [-0.25, -0.2) is 8.78 Å². The van der Waals surface area contributed by atoms with Gasteiger partial charge in [0.2, 0.25) is 0 Å². The maximum Gasteiger partial charge on any atom is 0.253 e. The van der Waals surface area contributed by atoms with Gasteiger partial charge in [0.1, 0.15) is 12.4 Å². The highest BCUT2D eigenvalue weighted by molar-refractivity contribution is 5.94. The van der Waals surface area contributed by atoms with Gasteiger partial charge < -0.3 is 9.64 Å². The lowest BCUT2D eigenvalue weighted by Crippen LogP contribution is -2.48. The van der Waals surface area contributed by atoms with Crippen LogP contribution >= 0.6 is 0 Å². The largest absolute Gasteiger partial charge is 0.486 e. The Morgan fingerprint density at radius 2 is 1.58 bits per heavy atom. The van der Waals surface area contributed by atoms with E-state index in [1.165, 1.54) is 11.6 Å². The van der Waals surface area contributed by atoms with Crippen molar-refractivity contribution in [3.05, 3.63) is 101 Å². The molecule has 3 aromatic rings. The summed E-state index contributed by atoms with van der Waals surface area (Å²) in [5.74, 6) is -1.44. The highest BCUT2D eigenvalue weighted by Crippen LogP contribution is 2.20. The predicted molar refractivity (Wildman–Crippen MR) is 115 cm³/mol. The van der Waals surface area contributed by atoms with Gasteiger partial charge >= 0.3 is 0 Å². The Balaban J connectivity index is 1.33. The van der Waals surface area contributed by atoms with Crippen LogP contribution < -0.4 is 4.74 Å². The molecule has 1 amide bonds. The van der Waals surface area contributed by atoms with Crippen LogP contribution in [0.25, 0.3) is 0 Å². The number of halogens is 2. The van der Waals surface area contributed by atoms with Crippen molar-refractivity contribution in [3.63, 3.8) is 0 Å². The average Bonchev–Trinajstić information content (AvgIpc) is 2.79. The second-order valence-corrected chi connectivity index (χ2v) is 7.62. The minimum atomic E-state index is -0.749. The molecule has 0 aromatic heterocycles. The Kier molecular flexibility index (Phi) is 6.57. The molecule has 0 aliphatic carbocycles. The summed E-state index contributed by atoms with van der Waals surface area (Å²) in [7, 11) is 0. The molecule has 1 heterocycles. The SMILES string of the molecule is O=C(c1cccc(COc2ccc(F)cc2F)c1)N1CCN(Cc2ccccc2)CC1. The number of hydrogen-bond donors (Lipinski definition) is 0. The fourth-order valence-corrected chi connectivity index (χ4v) is 3.68. The van der Waals surface area contributed by atoms with E-state index in [1.54, 1.807) is 18.2 Å². The third-order valence-electron chi connectivity index (χ3n) is 5.37. The molecule has 0 radical (unpaired) electrons. The molecular weight excluding hydrogens is 398 g/mol. The van der Waals surface area contributed by atoms with Gasteiger partial charge in [0.05, 0.1) is 0 Å². The normalized spacial score (nSPS) is 14.5. The maximum absolute atomic E-state index is 13.7. The molecule has 0 N–H and O–H groups in total. The van der Waals surface area contributed by atoms with Gasteiger partial charge in [-0.05, 0) is 35.4 Å². The highest BCUT2D eigenvalue weighted by atomic mass is 19.1. The molecule has 1 saturated heterocycles. The van der Waals surface area contributed by atoms with Crippen molar-refractivity contribution in [1.82, 2.24) is 9.80 Å². The van der Waals surface area contributed by atoms with Crippen LogP contribution in [0.2, 0.25) is 0 Å². The van der Waals surface area contributed by atoms with Crippen LogP contribution in [0.1, 0.15) is 21.5 Å². The van der Waals surface area contributed by atoms with E-state index >= 15 is 0 Å². The predicted octanol–water partition coefficient (Wildman–Crippen LogP) is 4.50. The van der Waals surface area contributed by atoms with Crippen LogP contribution in [0.15, 0.2) is 72.8 Å². The first-order chi connectivity index (χ1) is 15.1. The monoisotopic (exact) mass is 422 g/mol. The molecule has 1 aliphatic heterocycles. The summed E-state index contributed by atoms with van der Waals surface area (Å²) in [4.78, 5) is 17.2. The fourth-order valence-electron chi connectivity index (χ4n) is 3.68. The smallest absolute Gasteiger partial charge is 0.253 e. The van der Waals surface area contributed by atoms with Crippen LogP contribution in [0.5, 0.6) is 5.75 Å². The highest BCUT2D eigenvalue weighted by Gasteiger charge is 2.22. The van der Waals surface area contributed by atoms with Crippen LogP contribution in [0.4, 0.5) is 8.78 Å². The number of piperazine rings is 1. The minimum Gasteiger partial charge on any atom is -0.486 e. The zero-order valence-electron chi connectivity index (χ0n) is 17.1. The Morgan fingerprint density at radius 1 is 0.839 bits per heavy atom. The van der Waals surface area contributed by atoms with E-state index in [0.29, 0.717) is 18.7 Å². The number of benzene rings is 3. The Morgan fingerprint density at radius 3 is 2.32 bits per heavy atom. The number of rotatable bonds is 6. The standard InChI is InChI=1S/C25H24F2N2O2/c26-22-9-10-24(23(27)16-22)31-18-20-7-4-8-21(15-20)25(30)29-13-11-28(12-14-29)17-19-5-2-1-3-6-19/h1-10,15-16H,11-14,17-18H2. The lowest BCUT2D eigenvalue weighted by molar-refractivity contribution is 0.0628. The number of amides is 1. The van der Waals surface area contributed by atoms with E-state index in [1.807, 2.05) is 29.2 Å². The first-order valence-corrected chi connectivity index (χ1v) is 10.3. The topological polar surface area (TPSA) is 32.8 Å². The molecule has 1 fully saturated rings. The van der Waals surface area contributed by atoms with Gasteiger partial charge in [-0.1, -0.05) is 42.5 Å². The molecule has 4 nitrogen and oxygen atoms in total. The number of ether oxygens (including phenoxy) is 1. The average molecular weight is 422 g/mol. The zero-order chi connectivity index (χ0) is 21.6. The van der Waals surface area contributed by atoms with Crippen molar-refractivity contribution in [3.8, 4) is 5.75 Å². The molecule has 3 aromatic carbocycles. The van der Waals surface area contributed by atoms with Gasteiger partial charge in [0, 0.05) is 44.4 Å². The van der Waals surface area contributed by atoms with Crippen molar-refractivity contribution in [2.45, 2.75) is 13.2 Å². The summed E-state index contributed by atoms with van der Waals surface area (Å²) < 4.78 is 32.2. The number of carbonyl (C=O) groups excluding carboxylic acids is 1. The second kappa shape index (κ2) is 9.71. The Hall–Kier alpha value is -3.25. The first-order valence-electron chi connectivity index (χ1n) is 10.3. The molecular formula is C25H24F2N2O2. The van der Waals surface area contributed by atoms with Crippen molar-refractivity contribution in [2.75, 3.05) is 26.2 Å². The second-order valence-electron chi connectivity index (χ2n) is 7.62.